The molecule has 3 nitrogen and oxygen atoms in total. The van der Waals surface area contributed by atoms with E-state index in [4.69, 9.17) is 4.74 Å². The van der Waals surface area contributed by atoms with E-state index in [0.29, 0.717) is 6.10 Å². The molecule has 2 aromatic rings. The van der Waals surface area contributed by atoms with Crippen molar-refractivity contribution in [3.8, 4) is 5.69 Å². The maximum atomic E-state index is 5.20. The van der Waals surface area contributed by atoms with Gasteiger partial charge in [0.25, 0.3) is 0 Å². The van der Waals surface area contributed by atoms with Gasteiger partial charge in [0.1, 0.15) is 0 Å². The number of hydrogen-bond acceptors (Lipinski definition) is 2. The molecule has 0 aliphatic carbocycles. The fraction of sp³-hybridized carbons (Fsp3) is 0.250. The average Bonchev–Trinajstić information content (AvgIpc) is 2.92. The van der Waals surface area contributed by atoms with Crippen molar-refractivity contribution in [1.29, 1.82) is 0 Å². The van der Waals surface area contributed by atoms with Crippen LogP contribution in [0.3, 0.4) is 0 Å². The van der Waals surface area contributed by atoms with Gasteiger partial charge in [0.15, 0.2) is 0 Å². The Morgan fingerprint density at radius 3 is 2.73 bits per heavy atom. The molecule has 1 aliphatic rings. The Bertz CT molecular complexity index is 429. The first-order valence-corrected chi connectivity index (χ1v) is 5.12. The zero-order valence-corrected chi connectivity index (χ0v) is 8.34. The Morgan fingerprint density at radius 2 is 2.13 bits per heavy atom. The first-order valence-electron chi connectivity index (χ1n) is 5.12. The summed E-state index contributed by atoms with van der Waals surface area (Å²) in [6.07, 6.45) is 5.21. The number of hydrogen-bond donors (Lipinski definition) is 0. The molecule has 1 aromatic carbocycles. The first-order chi connectivity index (χ1) is 7.42. The standard InChI is InChI=1S/C12H12N2O/c1-6-13-14(7-1)11-4-2-10(3-5-11)8-12-9-15-12/h1-7,12H,8-9H2. The summed E-state index contributed by atoms with van der Waals surface area (Å²) < 4.78 is 7.06. The molecule has 3 rings (SSSR count). The molecule has 1 fully saturated rings. The van der Waals surface area contributed by atoms with E-state index in [2.05, 4.69) is 29.4 Å². The van der Waals surface area contributed by atoms with E-state index in [1.807, 2.05) is 16.9 Å². The molecule has 15 heavy (non-hydrogen) atoms. The Kier molecular flexibility index (Phi) is 2.03. The monoisotopic (exact) mass is 200 g/mol. The molecule has 3 heteroatoms. The number of nitrogens with zero attached hydrogens (tertiary/aromatic N) is 2. The van der Waals surface area contributed by atoms with Gasteiger partial charge < -0.3 is 4.74 Å². The molecular formula is C12H12N2O. The van der Waals surface area contributed by atoms with Crippen molar-refractivity contribution in [3.05, 3.63) is 48.3 Å². The van der Waals surface area contributed by atoms with Gasteiger partial charge in [-0.1, -0.05) is 12.1 Å². The van der Waals surface area contributed by atoms with Gasteiger partial charge >= 0.3 is 0 Å². The number of aromatic nitrogens is 2. The Hall–Kier alpha value is -1.61. The van der Waals surface area contributed by atoms with Crippen LogP contribution in [0.2, 0.25) is 0 Å². The molecular weight excluding hydrogens is 188 g/mol. The lowest BCUT2D eigenvalue weighted by Crippen LogP contribution is -1.96. The molecule has 2 heterocycles. The van der Waals surface area contributed by atoms with E-state index in [1.54, 1.807) is 6.20 Å². The predicted octanol–water partition coefficient (Wildman–Crippen LogP) is 1.81. The van der Waals surface area contributed by atoms with Crippen LogP contribution < -0.4 is 0 Å². The lowest BCUT2D eigenvalue weighted by molar-refractivity contribution is 0.407. The second kappa shape index (κ2) is 3.51. The van der Waals surface area contributed by atoms with Crippen molar-refractivity contribution >= 4 is 0 Å². The van der Waals surface area contributed by atoms with Crippen molar-refractivity contribution in [2.24, 2.45) is 0 Å². The van der Waals surface area contributed by atoms with Gasteiger partial charge in [-0.2, -0.15) is 5.10 Å². The topological polar surface area (TPSA) is 30.4 Å². The van der Waals surface area contributed by atoms with Crippen LogP contribution in [0.1, 0.15) is 5.56 Å². The van der Waals surface area contributed by atoms with Gasteiger partial charge in [-0.25, -0.2) is 4.68 Å². The summed E-state index contributed by atoms with van der Waals surface area (Å²) in [7, 11) is 0. The molecule has 1 saturated heterocycles. The molecule has 1 aromatic heterocycles. The highest BCUT2D eigenvalue weighted by Gasteiger charge is 2.22. The van der Waals surface area contributed by atoms with Gasteiger partial charge in [-0.05, 0) is 23.8 Å². The van der Waals surface area contributed by atoms with Gasteiger partial charge in [0.05, 0.1) is 18.4 Å². The van der Waals surface area contributed by atoms with Crippen LogP contribution in [-0.2, 0) is 11.2 Å². The van der Waals surface area contributed by atoms with Gasteiger partial charge in [-0.3, -0.25) is 0 Å². The Labute approximate surface area is 88.3 Å². The molecule has 0 radical (unpaired) electrons. The highest BCUT2D eigenvalue weighted by molar-refractivity contribution is 5.34. The minimum atomic E-state index is 0.459. The Morgan fingerprint density at radius 1 is 1.33 bits per heavy atom. The van der Waals surface area contributed by atoms with E-state index in [0.717, 1.165) is 18.7 Å². The quantitative estimate of drug-likeness (QED) is 0.707. The first kappa shape index (κ1) is 8.68. The maximum absolute atomic E-state index is 5.20. The number of rotatable bonds is 3. The zero-order chi connectivity index (χ0) is 10.1. The summed E-state index contributed by atoms with van der Waals surface area (Å²) in [5.41, 5.74) is 2.42. The summed E-state index contributed by atoms with van der Waals surface area (Å²) >= 11 is 0. The van der Waals surface area contributed by atoms with Gasteiger partial charge in [-0.15, -0.1) is 0 Å². The van der Waals surface area contributed by atoms with Crippen LogP contribution in [0.5, 0.6) is 0 Å². The molecule has 0 amide bonds. The second-order valence-corrected chi connectivity index (χ2v) is 3.78. The van der Waals surface area contributed by atoms with Crippen molar-refractivity contribution in [1.82, 2.24) is 9.78 Å². The van der Waals surface area contributed by atoms with Crippen LogP contribution in [0.15, 0.2) is 42.7 Å². The van der Waals surface area contributed by atoms with Crippen LogP contribution >= 0.6 is 0 Å². The average molecular weight is 200 g/mol. The molecule has 1 aliphatic heterocycles. The van der Waals surface area contributed by atoms with E-state index in [-0.39, 0.29) is 0 Å². The molecule has 76 valence electrons. The molecule has 0 spiro atoms. The lowest BCUT2D eigenvalue weighted by atomic mass is 10.1. The van der Waals surface area contributed by atoms with E-state index < -0.39 is 0 Å². The fourth-order valence-electron chi connectivity index (χ4n) is 1.66. The van der Waals surface area contributed by atoms with Crippen molar-refractivity contribution in [3.63, 3.8) is 0 Å². The molecule has 0 N–H and O–H groups in total. The maximum Gasteiger partial charge on any atom is 0.0850 e. The lowest BCUT2D eigenvalue weighted by Gasteiger charge is -2.02. The fourth-order valence-corrected chi connectivity index (χ4v) is 1.66. The van der Waals surface area contributed by atoms with Crippen molar-refractivity contribution in [2.45, 2.75) is 12.5 Å². The van der Waals surface area contributed by atoms with E-state index in [1.165, 1.54) is 5.56 Å². The van der Waals surface area contributed by atoms with Gasteiger partial charge in [0, 0.05) is 18.8 Å². The van der Waals surface area contributed by atoms with Crippen LogP contribution in [-0.4, -0.2) is 22.5 Å². The van der Waals surface area contributed by atoms with Gasteiger partial charge in [0.2, 0.25) is 0 Å². The molecule has 1 unspecified atom stereocenters. The highest BCUT2D eigenvalue weighted by Crippen LogP contribution is 2.17. The third-order valence-electron chi connectivity index (χ3n) is 2.57. The van der Waals surface area contributed by atoms with Crippen LogP contribution in [0.4, 0.5) is 0 Å². The molecule has 0 saturated carbocycles. The smallest absolute Gasteiger partial charge is 0.0850 e. The predicted molar refractivity (Wildman–Crippen MR) is 57.0 cm³/mol. The third-order valence-corrected chi connectivity index (χ3v) is 2.57. The van der Waals surface area contributed by atoms with E-state index >= 15 is 0 Å². The zero-order valence-electron chi connectivity index (χ0n) is 8.34. The number of benzene rings is 1. The van der Waals surface area contributed by atoms with Crippen LogP contribution in [0.25, 0.3) is 5.69 Å². The molecule has 1 atom stereocenters. The second-order valence-electron chi connectivity index (χ2n) is 3.78. The summed E-state index contributed by atoms with van der Waals surface area (Å²) in [5.74, 6) is 0. The minimum Gasteiger partial charge on any atom is -0.373 e. The minimum absolute atomic E-state index is 0.459. The van der Waals surface area contributed by atoms with E-state index in [9.17, 15) is 0 Å². The number of ether oxygens (including phenoxy) is 1. The largest absolute Gasteiger partial charge is 0.373 e. The number of epoxide rings is 1. The summed E-state index contributed by atoms with van der Waals surface area (Å²) in [5, 5.41) is 4.18. The molecule has 0 bridgehead atoms. The summed E-state index contributed by atoms with van der Waals surface area (Å²) in [6, 6.07) is 10.4. The van der Waals surface area contributed by atoms with Crippen LogP contribution in [0, 0.1) is 0 Å². The normalized spacial score (nSPS) is 19.1. The Balaban J connectivity index is 1.80. The summed E-state index contributed by atoms with van der Waals surface area (Å²) in [4.78, 5) is 0. The van der Waals surface area contributed by atoms with Crippen molar-refractivity contribution < 1.29 is 4.74 Å². The summed E-state index contributed by atoms with van der Waals surface area (Å²) in [6.45, 7) is 0.918. The van der Waals surface area contributed by atoms with Crippen molar-refractivity contribution in [2.75, 3.05) is 6.61 Å². The SMILES string of the molecule is c1cnn(-c2ccc(CC3CO3)cc2)c1. The third kappa shape index (κ3) is 1.92. The highest BCUT2D eigenvalue weighted by atomic mass is 16.6.